The molecule has 9 nitrogen and oxygen atoms in total. The first-order valence-electron chi connectivity index (χ1n) is 10.3. The molecule has 1 N–H and O–H groups in total. The predicted molar refractivity (Wildman–Crippen MR) is 104 cm³/mol. The number of carbonyl (C=O) groups is 1. The van der Waals surface area contributed by atoms with Gasteiger partial charge in [0, 0.05) is 44.6 Å². The van der Waals surface area contributed by atoms with E-state index in [1.165, 1.54) is 0 Å². The van der Waals surface area contributed by atoms with Gasteiger partial charge in [0.15, 0.2) is 11.4 Å². The molecule has 5 rings (SSSR count). The van der Waals surface area contributed by atoms with Crippen molar-refractivity contribution in [2.45, 2.75) is 44.4 Å². The zero-order chi connectivity index (χ0) is 19.6. The highest BCUT2D eigenvalue weighted by Crippen LogP contribution is 2.38. The summed E-state index contributed by atoms with van der Waals surface area (Å²) in [6, 6.07) is 4.29. The summed E-state index contributed by atoms with van der Waals surface area (Å²) in [5, 5.41) is 6.97. The predicted octanol–water partition coefficient (Wildman–Crippen LogP) is 2.45. The first-order chi connectivity index (χ1) is 14.2. The van der Waals surface area contributed by atoms with Crippen LogP contribution in [-0.2, 0) is 11.2 Å². The number of amides is 1. The third-order valence-corrected chi connectivity index (χ3v) is 5.50. The number of nitrogens with zero attached hydrogens (tertiary/aromatic N) is 5. The standard InChI is InChI=1S/C20H24N6O3/c27-17(21-9-7-16-23-19(29-25-16)14-5-6-14)11-13-3-2-10-26(12-13)20-24-18-15(28-20)4-1-8-22-18/h1,4,8,13-14H,2-3,5-7,9-12H2,(H,21,27). The van der Waals surface area contributed by atoms with Crippen LogP contribution in [0.1, 0.15) is 49.7 Å². The van der Waals surface area contributed by atoms with Crippen molar-refractivity contribution >= 4 is 23.2 Å². The van der Waals surface area contributed by atoms with E-state index in [4.69, 9.17) is 8.94 Å². The summed E-state index contributed by atoms with van der Waals surface area (Å²) < 4.78 is 11.1. The van der Waals surface area contributed by atoms with Gasteiger partial charge in [-0.25, -0.2) is 4.98 Å². The molecule has 1 aliphatic heterocycles. The smallest absolute Gasteiger partial charge is 0.299 e. The van der Waals surface area contributed by atoms with Gasteiger partial charge in [-0.15, -0.1) is 0 Å². The zero-order valence-electron chi connectivity index (χ0n) is 16.2. The molecule has 2 fully saturated rings. The van der Waals surface area contributed by atoms with Gasteiger partial charge in [0.05, 0.1) is 0 Å². The van der Waals surface area contributed by atoms with Crippen molar-refractivity contribution in [3.63, 3.8) is 0 Å². The molecule has 1 saturated heterocycles. The fraction of sp³-hybridized carbons (Fsp3) is 0.550. The lowest BCUT2D eigenvalue weighted by molar-refractivity contribution is -0.122. The van der Waals surface area contributed by atoms with Crippen molar-refractivity contribution in [3.8, 4) is 0 Å². The second kappa shape index (κ2) is 7.81. The molecular formula is C20H24N6O3. The molecule has 1 atom stereocenters. The summed E-state index contributed by atoms with van der Waals surface area (Å²) in [6.07, 6.45) is 7.10. The van der Waals surface area contributed by atoms with Crippen LogP contribution in [0.2, 0.25) is 0 Å². The molecule has 1 aliphatic carbocycles. The number of oxazole rings is 1. The van der Waals surface area contributed by atoms with Gasteiger partial charge in [-0.3, -0.25) is 4.79 Å². The first-order valence-corrected chi connectivity index (χ1v) is 10.3. The lowest BCUT2D eigenvalue weighted by atomic mass is 9.94. The second-order valence-electron chi connectivity index (χ2n) is 7.90. The molecule has 29 heavy (non-hydrogen) atoms. The summed E-state index contributed by atoms with van der Waals surface area (Å²) in [5.41, 5.74) is 1.31. The molecular weight excluding hydrogens is 372 g/mol. The van der Waals surface area contributed by atoms with Crippen LogP contribution in [0, 0.1) is 5.92 Å². The van der Waals surface area contributed by atoms with Crippen LogP contribution in [-0.4, -0.2) is 45.7 Å². The Hall–Kier alpha value is -2.97. The van der Waals surface area contributed by atoms with Crippen molar-refractivity contribution in [2.24, 2.45) is 5.92 Å². The number of pyridine rings is 1. The molecule has 1 amide bonds. The molecule has 9 heteroatoms. The summed E-state index contributed by atoms with van der Waals surface area (Å²) in [7, 11) is 0. The summed E-state index contributed by atoms with van der Waals surface area (Å²) in [6.45, 7) is 2.16. The van der Waals surface area contributed by atoms with Crippen molar-refractivity contribution in [1.82, 2.24) is 25.4 Å². The maximum Gasteiger partial charge on any atom is 0.299 e. The Balaban J connectivity index is 1.10. The van der Waals surface area contributed by atoms with E-state index in [1.54, 1.807) is 6.20 Å². The Labute approximate surface area is 167 Å². The van der Waals surface area contributed by atoms with E-state index in [2.05, 4.69) is 30.3 Å². The average Bonchev–Trinajstić information content (AvgIpc) is 3.31. The van der Waals surface area contributed by atoms with Crippen LogP contribution in [0.4, 0.5) is 6.01 Å². The maximum atomic E-state index is 12.4. The van der Waals surface area contributed by atoms with Gasteiger partial charge >= 0.3 is 0 Å². The van der Waals surface area contributed by atoms with Gasteiger partial charge in [-0.1, -0.05) is 5.16 Å². The van der Waals surface area contributed by atoms with Gasteiger partial charge in [-0.05, 0) is 43.7 Å². The van der Waals surface area contributed by atoms with E-state index in [0.717, 1.165) is 44.7 Å². The number of hydrogen-bond acceptors (Lipinski definition) is 8. The fourth-order valence-corrected chi connectivity index (χ4v) is 3.81. The van der Waals surface area contributed by atoms with E-state index in [-0.39, 0.29) is 11.8 Å². The number of carbonyl (C=O) groups excluding carboxylic acids is 1. The lowest BCUT2D eigenvalue weighted by Crippen LogP contribution is -2.38. The highest BCUT2D eigenvalue weighted by Gasteiger charge is 2.29. The number of fused-ring (bicyclic) bond motifs is 1. The third kappa shape index (κ3) is 4.23. The quantitative estimate of drug-likeness (QED) is 0.648. The van der Waals surface area contributed by atoms with Crippen LogP contribution in [0.15, 0.2) is 27.3 Å². The van der Waals surface area contributed by atoms with E-state index in [1.807, 2.05) is 12.1 Å². The Kier molecular flexibility index (Phi) is 4.87. The highest BCUT2D eigenvalue weighted by molar-refractivity contribution is 5.76. The maximum absolute atomic E-state index is 12.4. The molecule has 0 radical (unpaired) electrons. The van der Waals surface area contributed by atoms with Gasteiger partial charge in [0.25, 0.3) is 6.01 Å². The van der Waals surface area contributed by atoms with Crippen molar-refractivity contribution < 1.29 is 13.7 Å². The molecule has 0 bridgehead atoms. The Morgan fingerprint density at radius 3 is 3.07 bits per heavy atom. The highest BCUT2D eigenvalue weighted by atomic mass is 16.5. The number of piperidine rings is 1. The Bertz CT molecular complexity index is 962. The van der Waals surface area contributed by atoms with Gasteiger partial charge in [-0.2, -0.15) is 9.97 Å². The number of aromatic nitrogens is 4. The van der Waals surface area contributed by atoms with Crippen LogP contribution in [0.25, 0.3) is 11.2 Å². The minimum absolute atomic E-state index is 0.0574. The zero-order valence-corrected chi connectivity index (χ0v) is 16.2. The number of anilines is 1. The van der Waals surface area contributed by atoms with Crippen LogP contribution in [0.5, 0.6) is 0 Å². The summed E-state index contributed by atoms with van der Waals surface area (Å²) >= 11 is 0. The van der Waals surface area contributed by atoms with Crippen LogP contribution >= 0.6 is 0 Å². The van der Waals surface area contributed by atoms with Crippen LogP contribution < -0.4 is 10.2 Å². The van der Waals surface area contributed by atoms with Gasteiger partial charge in [0.1, 0.15) is 0 Å². The van der Waals surface area contributed by atoms with E-state index in [9.17, 15) is 4.79 Å². The first kappa shape index (κ1) is 18.1. The lowest BCUT2D eigenvalue weighted by Gasteiger charge is -2.31. The molecule has 2 aliphatic rings. The summed E-state index contributed by atoms with van der Waals surface area (Å²) in [5.74, 6) is 2.20. The van der Waals surface area contributed by atoms with Crippen molar-refractivity contribution in [3.05, 3.63) is 30.0 Å². The molecule has 152 valence electrons. The number of rotatable bonds is 7. The third-order valence-electron chi connectivity index (χ3n) is 5.50. The fourth-order valence-electron chi connectivity index (χ4n) is 3.81. The normalized spacial score (nSPS) is 19.6. The largest absolute Gasteiger partial charge is 0.422 e. The van der Waals surface area contributed by atoms with E-state index < -0.39 is 0 Å². The Morgan fingerprint density at radius 1 is 1.28 bits per heavy atom. The molecule has 4 heterocycles. The number of hydrogen-bond donors (Lipinski definition) is 1. The molecule has 3 aromatic rings. The van der Waals surface area contributed by atoms with Crippen molar-refractivity contribution in [1.29, 1.82) is 0 Å². The molecule has 1 unspecified atom stereocenters. The molecule has 1 saturated carbocycles. The van der Waals surface area contributed by atoms with Crippen molar-refractivity contribution in [2.75, 3.05) is 24.5 Å². The van der Waals surface area contributed by atoms with E-state index >= 15 is 0 Å². The monoisotopic (exact) mass is 396 g/mol. The molecule has 0 spiro atoms. The topological polar surface area (TPSA) is 110 Å². The van der Waals surface area contributed by atoms with E-state index in [0.29, 0.717) is 48.4 Å². The van der Waals surface area contributed by atoms with Crippen LogP contribution in [0.3, 0.4) is 0 Å². The minimum Gasteiger partial charge on any atom is -0.422 e. The molecule has 0 aromatic carbocycles. The number of nitrogens with one attached hydrogen (secondary N) is 1. The second-order valence-corrected chi connectivity index (χ2v) is 7.90. The van der Waals surface area contributed by atoms with Gasteiger partial charge < -0.3 is 19.2 Å². The minimum atomic E-state index is 0.0574. The average molecular weight is 396 g/mol. The summed E-state index contributed by atoms with van der Waals surface area (Å²) in [4.78, 5) is 27.6. The SMILES string of the molecule is O=C(CC1CCCN(c2nc3ncccc3o2)C1)NCCc1noc(C2CC2)n1. The Morgan fingerprint density at radius 2 is 2.21 bits per heavy atom. The molecule has 3 aromatic heterocycles. The van der Waals surface area contributed by atoms with Gasteiger partial charge in [0.2, 0.25) is 17.4 Å².